The van der Waals surface area contributed by atoms with Crippen LogP contribution in [0.4, 0.5) is 5.82 Å². The Labute approximate surface area is 146 Å². The molecule has 0 aliphatic carbocycles. The number of anilines is 1. The molecule has 1 saturated heterocycles. The third-order valence-corrected chi connectivity index (χ3v) is 4.17. The highest BCUT2D eigenvalue weighted by molar-refractivity contribution is 5.89. The number of carbonyl (C=O) groups is 1. The van der Waals surface area contributed by atoms with Crippen LogP contribution in [0.15, 0.2) is 15.1 Å². The number of rotatable bonds is 6. The van der Waals surface area contributed by atoms with Gasteiger partial charge in [0.05, 0.1) is 6.54 Å². The summed E-state index contributed by atoms with van der Waals surface area (Å²) in [6.07, 6.45) is 1.50. The Balaban J connectivity index is 1.39. The summed E-state index contributed by atoms with van der Waals surface area (Å²) in [5.41, 5.74) is 0. The molecule has 0 bridgehead atoms. The van der Waals surface area contributed by atoms with Crippen LogP contribution in [0.2, 0.25) is 0 Å². The number of amides is 1. The van der Waals surface area contributed by atoms with Crippen molar-refractivity contribution in [3.05, 3.63) is 23.5 Å². The molecule has 1 amide bonds. The topological polar surface area (TPSA) is 101 Å². The minimum atomic E-state index is -0.0447. The van der Waals surface area contributed by atoms with Crippen LogP contribution in [0.3, 0.4) is 0 Å². The average molecular weight is 348 g/mol. The first-order valence-corrected chi connectivity index (χ1v) is 8.55. The van der Waals surface area contributed by atoms with Crippen LogP contribution >= 0.6 is 0 Å². The van der Waals surface area contributed by atoms with Crippen LogP contribution in [0, 0.1) is 13.8 Å². The Morgan fingerprint density at radius 2 is 1.96 bits per heavy atom. The van der Waals surface area contributed by atoms with Gasteiger partial charge in [0.25, 0.3) is 0 Å². The maximum Gasteiger partial charge on any atom is 0.226 e. The molecule has 9 heteroatoms. The Kier molecular flexibility index (Phi) is 5.77. The number of nitrogens with zero attached hydrogens (tertiary/aromatic N) is 5. The molecule has 1 aliphatic heterocycles. The molecule has 2 aromatic heterocycles. The van der Waals surface area contributed by atoms with E-state index in [1.54, 1.807) is 19.9 Å². The molecule has 0 unspecified atom stereocenters. The van der Waals surface area contributed by atoms with E-state index in [1.165, 1.54) is 0 Å². The average Bonchev–Trinajstić information content (AvgIpc) is 3.09. The van der Waals surface area contributed by atoms with E-state index in [2.05, 4.69) is 30.4 Å². The van der Waals surface area contributed by atoms with Crippen molar-refractivity contribution in [3.63, 3.8) is 0 Å². The molecule has 1 aliphatic rings. The van der Waals surface area contributed by atoms with Crippen molar-refractivity contribution in [2.75, 3.05) is 38.0 Å². The predicted molar refractivity (Wildman–Crippen MR) is 89.9 cm³/mol. The molecular formula is C16H24N6O3. The highest BCUT2D eigenvalue weighted by Crippen LogP contribution is 2.09. The fourth-order valence-corrected chi connectivity index (χ4v) is 2.90. The van der Waals surface area contributed by atoms with Crippen molar-refractivity contribution in [3.8, 4) is 0 Å². The van der Waals surface area contributed by atoms with E-state index >= 15 is 0 Å². The van der Waals surface area contributed by atoms with Crippen molar-refractivity contribution >= 4 is 11.7 Å². The second kappa shape index (κ2) is 8.21. The number of carbonyl (C=O) groups excluding carboxylic acids is 1. The van der Waals surface area contributed by atoms with Gasteiger partial charge in [-0.3, -0.25) is 9.69 Å². The lowest BCUT2D eigenvalue weighted by molar-refractivity contribution is -0.116. The van der Waals surface area contributed by atoms with Gasteiger partial charge in [-0.15, -0.1) is 0 Å². The van der Waals surface area contributed by atoms with E-state index in [-0.39, 0.29) is 5.91 Å². The molecule has 3 heterocycles. The first-order valence-electron chi connectivity index (χ1n) is 8.55. The summed E-state index contributed by atoms with van der Waals surface area (Å²) in [5, 5.41) is 10.5. The molecule has 0 radical (unpaired) electrons. The zero-order valence-electron chi connectivity index (χ0n) is 14.7. The first-order chi connectivity index (χ1) is 12.1. The largest absolute Gasteiger partial charge is 0.360 e. The molecule has 25 heavy (non-hydrogen) atoms. The highest BCUT2D eigenvalue weighted by atomic mass is 16.5. The smallest absolute Gasteiger partial charge is 0.226 e. The van der Waals surface area contributed by atoms with Gasteiger partial charge in [-0.2, -0.15) is 4.98 Å². The second-order valence-electron chi connectivity index (χ2n) is 6.32. The van der Waals surface area contributed by atoms with Gasteiger partial charge in [0.2, 0.25) is 11.8 Å². The molecule has 0 saturated carbocycles. The lowest BCUT2D eigenvalue weighted by Gasteiger charge is -2.20. The van der Waals surface area contributed by atoms with Gasteiger partial charge in [-0.05, 0) is 26.4 Å². The standard InChI is InChI=1S/C16H24N6O3/c1-12-10-14(19-24-12)18-16(23)4-7-21-5-3-6-22(9-8-21)11-15-17-13(2)25-20-15/h10H,3-9,11H2,1-2H3,(H,18,19,23). The van der Waals surface area contributed by atoms with Gasteiger partial charge >= 0.3 is 0 Å². The summed E-state index contributed by atoms with van der Waals surface area (Å²) in [4.78, 5) is 20.9. The molecular weight excluding hydrogens is 324 g/mol. The lowest BCUT2D eigenvalue weighted by Crippen LogP contribution is -2.32. The van der Waals surface area contributed by atoms with Gasteiger partial charge in [-0.25, -0.2) is 0 Å². The van der Waals surface area contributed by atoms with Gasteiger partial charge in [0.1, 0.15) is 5.76 Å². The number of nitrogens with one attached hydrogen (secondary N) is 1. The van der Waals surface area contributed by atoms with Crippen LogP contribution in [-0.4, -0.2) is 63.7 Å². The summed E-state index contributed by atoms with van der Waals surface area (Å²) in [7, 11) is 0. The summed E-state index contributed by atoms with van der Waals surface area (Å²) < 4.78 is 9.96. The summed E-state index contributed by atoms with van der Waals surface area (Å²) in [6, 6.07) is 1.71. The zero-order chi connectivity index (χ0) is 17.6. The Morgan fingerprint density at radius 1 is 1.16 bits per heavy atom. The van der Waals surface area contributed by atoms with E-state index < -0.39 is 0 Å². The highest BCUT2D eigenvalue weighted by Gasteiger charge is 2.17. The quantitative estimate of drug-likeness (QED) is 0.831. The van der Waals surface area contributed by atoms with Crippen LogP contribution < -0.4 is 5.32 Å². The number of aromatic nitrogens is 3. The lowest BCUT2D eigenvalue weighted by atomic mass is 10.3. The minimum Gasteiger partial charge on any atom is -0.360 e. The summed E-state index contributed by atoms with van der Waals surface area (Å²) in [5.74, 6) is 2.43. The number of aryl methyl sites for hydroxylation is 2. The van der Waals surface area contributed by atoms with Crippen LogP contribution in [-0.2, 0) is 11.3 Å². The number of hydrogen-bond acceptors (Lipinski definition) is 8. The summed E-state index contributed by atoms with van der Waals surface area (Å²) >= 11 is 0. The van der Waals surface area contributed by atoms with Crippen LogP contribution in [0.25, 0.3) is 0 Å². The maximum absolute atomic E-state index is 12.0. The second-order valence-corrected chi connectivity index (χ2v) is 6.32. The van der Waals surface area contributed by atoms with Crippen molar-refractivity contribution in [2.45, 2.75) is 33.2 Å². The monoisotopic (exact) mass is 348 g/mol. The molecule has 0 atom stereocenters. The van der Waals surface area contributed by atoms with E-state index in [0.717, 1.165) is 45.0 Å². The third kappa shape index (κ3) is 5.36. The van der Waals surface area contributed by atoms with E-state index in [9.17, 15) is 4.79 Å². The SMILES string of the molecule is Cc1cc(NC(=O)CCN2CCCN(Cc3noc(C)n3)CC2)no1. The summed E-state index contributed by atoms with van der Waals surface area (Å²) in [6.45, 7) is 8.86. The minimum absolute atomic E-state index is 0.0447. The maximum atomic E-state index is 12.0. The van der Waals surface area contributed by atoms with Crippen LogP contribution in [0.1, 0.15) is 30.3 Å². The normalized spacial score (nSPS) is 16.7. The van der Waals surface area contributed by atoms with Gasteiger partial charge < -0.3 is 19.3 Å². The first kappa shape index (κ1) is 17.6. The Morgan fingerprint density at radius 3 is 2.68 bits per heavy atom. The zero-order valence-corrected chi connectivity index (χ0v) is 14.7. The molecule has 2 aromatic rings. The van der Waals surface area contributed by atoms with Crippen molar-refractivity contribution in [1.82, 2.24) is 25.1 Å². The van der Waals surface area contributed by atoms with Gasteiger partial charge in [-0.1, -0.05) is 10.3 Å². The predicted octanol–water partition coefficient (Wildman–Crippen LogP) is 1.21. The fourth-order valence-electron chi connectivity index (χ4n) is 2.90. The molecule has 9 nitrogen and oxygen atoms in total. The molecule has 0 spiro atoms. The van der Waals surface area contributed by atoms with Crippen molar-refractivity contribution in [1.29, 1.82) is 0 Å². The number of hydrogen-bond donors (Lipinski definition) is 1. The van der Waals surface area contributed by atoms with Gasteiger partial charge in [0.15, 0.2) is 11.6 Å². The molecule has 3 rings (SSSR count). The van der Waals surface area contributed by atoms with E-state index in [1.807, 2.05) is 0 Å². The van der Waals surface area contributed by atoms with E-state index in [4.69, 9.17) is 9.05 Å². The van der Waals surface area contributed by atoms with Gasteiger partial charge in [0, 0.05) is 39.0 Å². The van der Waals surface area contributed by atoms with Crippen molar-refractivity contribution < 1.29 is 13.8 Å². The Bertz CT molecular complexity index is 698. The third-order valence-electron chi connectivity index (χ3n) is 4.17. The van der Waals surface area contributed by atoms with E-state index in [0.29, 0.717) is 30.4 Å². The Hall–Kier alpha value is -2.26. The molecule has 1 fully saturated rings. The molecule has 0 aromatic carbocycles. The molecule has 136 valence electrons. The van der Waals surface area contributed by atoms with Crippen molar-refractivity contribution in [2.24, 2.45) is 0 Å². The molecule has 1 N–H and O–H groups in total. The fraction of sp³-hybridized carbons (Fsp3) is 0.625. The van der Waals surface area contributed by atoms with Crippen LogP contribution in [0.5, 0.6) is 0 Å².